The molecule has 0 saturated heterocycles. The average molecular weight is 291 g/mol. The van der Waals surface area contributed by atoms with Gasteiger partial charge in [0.15, 0.2) is 0 Å². The minimum atomic E-state index is -1.00. The number of rotatable bonds is 5. The molecule has 112 valence electrons. The second kappa shape index (κ2) is 5.78. The predicted molar refractivity (Wildman–Crippen MR) is 73.6 cm³/mol. The van der Waals surface area contributed by atoms with Crippen LogP contribution >= 0.6 is 0 Å². The zero-order valence-corrected chi connectivity index (χ0v) is 12.1. The highest BCUT2D eigenvalue weighted by Gasteiger charge is 2.17. The van der Waals surface area contributed by atoms with Crippen molar-refractivity contribution in [1.29, 1.82) is 0 Å². The van der Waals surface area contributed by atoms with E-state index < -0.39 is 5.97 Å². The zero-order chi connectivity index (χ0) is 15.6. The molecule has 2 aromatic rings. The van der Waals surface area contributed by atoms with Gasteiger partial charge in [-0.25, -0.2) is 0 Å². The summed E-state index contributed by atoms with van der Waals surface area (Å²) in [6, 6.07) is 1.51. The lowest BCUT2D eigenvalue weighted by molar-refractivity contribution is -0.137. The first kappa shape index (κ1) is 14.8. The van der Waals surface area contributed by atoms with E-state index in [2.05, 4.69) is 10.2 Å². The number of hydrogen-bond donors (Lipinski definition) is 1. The summed E-state index contributed by atoms with van der Waals surface area (Å²) in [5, 5.41) is 16.8. The Morgan fingerprint density at radius 2 is 2.14 bits per heavy atom. The standard InChI is InChI=1S/C13H17N5O3/c1-9-10(6-14-17(9)3)7-16(2)13(21)11-4-5-18(15-11)8-12(19)20/h4-6H,7-8H2,1-3H3,(H,19,20). The zero-order valence-electron chi connectivity index (χ0n) is 12.1. The summed E-state index contributed by atoms with van der Waals surface area (Å²) < 4.78 is 2.97. The molecule has 0 fully saturated rings. The van der Waals surface area contributed by atoms with Gasteiger partial charge in [-0.3, -0.25) is 19.0 Å². The Hall–Kier alpha value is -2.64. The molecule has 0 aliphatic heterocycles. The summed E-state index contributed by atoms with van der Waals surface area (Å²) >= 11 is 0. The van der Waals surface area contributed by atoms with Crippen LogP contribution in [0.4, 0.5) is 0 Å². The third-order valence-corrected chi connectivity index (χ3v) is 3.25. The summed E-state index contributed by atoms with van der Waals surface area (Å²) in [6.45, 7) is 2.09. The molecule has 0 aliphatic carbocycles. The third kappa shape index (κ3) is 3.28. The van der Waals surface area contributed by atoms with Gasteiger partial charge in [0.2, 0.25) is 0 Å². The molecule has 8 heteroatoms. The summed E-state index contributed by atoms with van der Waals surface area (Å²) in [4.78, 5) is 24.4. The number of carbonyl (C=O) groups excluding carboxylic acids is 1. The SMILES string of the molecule is Cc1c(CN(C)C(=O)c2ccn(CC(=O)O)n2)cnn1C. The molecule has 1 N–H and O–H groups in total. The Bertz CT molecular complexity index is 673. The van der Waals surface area contributed by atoms with Crippen LogP contribution in [-0.4, -0.2) is 48.5 Å². The van der Waals surface area contributed by atoms with Gasteiger partial charge in [0.05, 0.1) is 6.20 Å². The van der Waals surface area contributed by atoms with E-state index in [1.807, 2.05) is 14.0 Å². The molecule has 0 spiro atoms. The monoisotopic (exact) mass is 291 g/mol. The van der Waals surface area contributed by atoms with Gasteiger partial charge in [0, 0.05) is 38.1 Å². The normalized spacial score (nSPS) is 10.6. The van der Waals surface area contributed by atoms with Crippen molar-refractivity contribution >= 4 is 11.9 Å². The first-order valence-electron chi connectivity index (χ1n) is 6.36. The number of aryl methyl sites for hydroxylation is 1. The van der Waals surface area contributed by atoms with Gasteiger partial charge >= 0.3 is 5.97 Å². The Kier molecular flexibility index (Phi) is 4.06. The van der Waals surface area contributed by atoms with Crippen molar-refractivity contribution in [2.24, 2.45) is 7.05 Å². The van der Waals surface area contributed by atoms with Crippen LogP contribution in [0, 0.1) is 6.92 Å². The number of carboxylic acid groups (broad SMARTS) is 1. The number of nitrogens with zero attached hydrogens (tertiary/aromatic N) is 5. The Balaban J connectivity index is 2.07. The highest BCUT2D eigenvalue weighted by molar-refractivity contribution is 5.92. The lowest BCUT2D eigenvalue weighted by Crippen LogP contribution is -2.27. The minimum Gasteiger partial charge on any atom is -0.480 e. The average Bonchev–Trinajstić information content (AvgIpc) is 2.99. The van der Waals surface area contributed by atoms with Crippen LogP contribution in [0.2, 0.25) is 0 Å². The number of aliphatic carboxylic acids is 1. The van der Waals surface area contributed by atoms with Crippen LogP contribution in [0.1, 0.15) is 21.7 Å². The maximum Gasteiger partial charge on any atom is 0.325 e. The first-order valence-corrected chi connectivity index (χ1v) is 6.36. The van der Waals surface area contributed by atoms with E-state index in [9.17, 15) is 9.59 Å². The predicted octanol–water partition coefficient (Wildman–Crippen LogP) is 0.282. The van der Waals surface area contributed by atoms with Gasteiger partial charge in [0.1, 0.15) is 12.2 Å². The van der Waals surface area contributed by atoms with Gasteiger partial charge in [-0.15, -0.1) is 0 Å². The number of amides is 1. The summed E-state index contributed by atoms with van der Waals surface area (Å²) in [7, 11) is 3.51. The molecule has 0 aliphatic rings. The van der Waals surface area contributed by atoms with Gasteiger partial charge < -0.3 is 10.0 Å². The molecule has 0 aromatic carbocycles. The largest absolute Gasteiger partial charge is 0.480 e. The van der Waals surface area contributed by atoms with Crippen LogP contribution in [0.25, 0.3) is 0 Å². The maximum absolute atomic E-state index is 12.2. The van der Waals surface area contributed by atoms with Gasteiger partial charge in [-0.1, -0.05) is 0 Å². The van der Waals surface area contributed by atoms with E-state index in [-0.39, 0.29) is 18.1 Å². The number of carbonyl (C=O) groups is 2. The maximum atomic E-state index is 12.2. The van der Waals surface area contributed by atoms with E-state index in [1.165, 1.54) is 21.8 Å². The second-order valence-electron chi connectivity index (χ2n) is 4.83. The van der Waals surface area contributed by atoms with Crippen molar-refractivity contribution < 1.29 is 14.7 Å². The van der Waals surface area contributed by atoms with Crippen molar-refractivity contribution in [1.82, 2.24) is 24.5 Å². The number of aromatic nitrogens is 4. The van der Waals surface area contributed by atoms with E-state index in [0.29, 0.717) is 6.54 Å². The van der Waals surface area contributed by atoms with Crippen LogP contribution in [0.5, 0.6) is 0 Å². The molecule has 2 heterocycles. The van der Waals surface area contributed by atoms with Crippen LogP contribution < -0.4 is 0 Å². The van der Waals surface area contributed by atoms with Gasteiger partial charge in [-0.2, -0.15) is 10.2 Å². The molecule has 1 amide bonds. The summed E-state index contributed by atoms with van der Waals surface area (Å²) in [5.74, 6) is -1.26. The first-order chi connectivity index (χ1) is 9.88. The van der Waals surface area contributed by atoms with Crippen molar-refractivity contribution in [3.63, 3.8) is 0 Å². The van der Waals surface area contributed by atoms with Crippen molar-refractivity contribution in [2.75, 3.05) is 7.05 Å². The van der Waals surface area contributed by atoms with E-state index in [1.54, 1.807) is 17.9 Å². The Labute approximate surface area is 121 Å². The fraction of sp³-hybridized carbons (Fsp3) is 0.385. The van der Waals surface area contributed by atoms with E-state index >= 15 is 0 Å². The lowest BCUT2D eigenvalue weighted by Gasteiger charge is -2.15. The summed E-state index contributed by atoms with van der Waals surface area (Å²) in [5.41, 5.74) is 2.17. The number of hydrogen-bond acceptors (Lipinski definition) is 4. The molecule has 21 heavy (non-hydrogen) atoms. The molecular formula is C13H17N5O3. The van der Waals surface area contributed by atoms with Crippen LogP contribution in [0.15, 0.2) is 18.5 Å². The molecule has 0 radical (unpaired) electrons. The lowest BCUT2D eigenvalue weighted by atomic mass is 10.2. The third-order valence-electron chi connectivity index (χ3n) is 3.25. The van der Waals surface area contributed by atoms with Gasteiger partial charge in [0.25, 0.3) is 5.91 Å². The van der Waals surface area contributed by atoms with Crippen molar-refractivity contribution in [2.45, 2.75) is 20.0 Å². The fourth-order valence-electron chi connectivity index (χ4n) is 1.92. The topological polar surface area (TPSA) is 93.2 Å². The Morgan fingerprint density at radius 1 is 1.43 bits per heavy atom. The van der Waals surface area contributed by atoms with Crippen molar-refractivity contribution in [3.8, 4) is 0 Å². The Morgan fingerprint density at radius 3 is 2.71 bits per heavy atom. The van der Waals surface area contributed by atoms with E-state index in [0.717, 1.165) is 11.3 Å². The molecule has 0 saturated carbocycles. The summed E-state index contributed by atoms with van der Waals surface area (Å²) in [6.07, 6.45) is 3.20. The van der Waals surface area contributed by atoms with Crippen molar-refractivity contribution in [3.05, 3.63) is 35.4 Å². The second-order valence-corrected chi connectivity index (χ2v) is 4.83. The molecule has 0 unspecified atom stereocenters. The van der Waals surface area contributed by atoms with Gasteiger partial charge in [-0.05, 0) is 13.0 Å². The molecule has 8 nitrogen and oxygen atoms in total. The van der Waals surface area contributed by atoms with Crippen LogP contribution in [-0.2, 0) is 24.9 Å². The molecule has 0 atom stereocenters. The minimum absolute atomic E-state index is 0.222. The molecule has 2 rings (SSSR count). The fourth-order valence-corrected chi connectivity index (χ4v) is 1.92. The molecule has 0 bridgehead atoms. The highest BCUT2D eigenvalue weighted by atomic mass is 16.4. The smallest absolute Gasteiger partial charge is 0.325 e. The van der Waals surface area contributed by atoms with Crippen LogP contribution in [0.3, 0.4) is 0 Å². The van der Waals surface area contributed by atoms with E-state index in [4.69, 9.17) is 5.11 Å². The molecular weight excluding hydrogens is 274 g/mol. The molecule has 2 aromatic heterocycles. The highest BCUT2D eigenvalue weighted by Crippen LogP contribution is 2.10. The number of carboxylic acids is 1. The quantitative estimate of drug-likeness (QED) is 0.854.